The maximum Gasteiger partial charge on any atom is 0.336 e. The third-order valence-corrected chi connectivity index (χ3v) is 8.39. The number of pyridine rings is 2. The number of sulfonamides is 1. The molecule has 0 bridgehead atoms. The fourth-order valence-corrected chi connectivity index (χ4v) is 5.98. The van der Waals surface area contributed by atoms with Crippen LogP contribution in [0.3, 0.4) is 0 Å². The Morgan fingerprint density at radius 1 is 0.971 bits per heavy atom. The minimum absolute atomic E-state index is 0.0735. The van der Waals surface area contributed by atoms with Gasteiger partial charge in [-0.1, -0.05) is 12.1 Å². The van der Waals surface area contributed by atoms with Gasteiger partial charge >= 0.3 is 5.97 Å². The Bertz CT molecular complexity index is 1440. The fourth-order valence-electron chi connectivity index (χ4n) is 3.94. The van der Waals surface area contributed by atoms with Gasteiger partial charge in [-0.3, -0.25) is 4.72 Å². The topological polar surface area (TPSA) is 116 Å². The van der Waals surface area contributed by atoms with Gasteiger partial charge in [0.1, 0.15) is 15.8 Å². The van der Waals surface area contributed by atoms with Gasteiger partial charge in [-0.15, -0.1) is 11.3 Å². The summed E-state index contributed by atoms with van der Waals surface area (Å²) in [5.41, 5.74) is 0.840. The molecule has 34 heavy (non-hydrogen) atoms. The molecule has 174 valence electrons. The van der Waals surface area contributed by atoms with Gasteiger partial charge in [-0.05, 0) is 47.8 Å². The molecule has 1 aliphatic rings. The van der Waals surface area contributed by atoms with Gasteiger partial charge in [0, 0.05) is 43.4 Å². The van der Waals surface area contributed by atoms with Gasteiger partial charge < -0.3 is 14.9 Å². The Balaban J connectivity index is 1.42. The zero-order chi connectivity index (χ0) is 23.7. The normalized spacial score (nSPS) is 14.4. The van der Waals surface area contributed by atoms with E-state index in [4.69, 9.17) is 0 Å². The van der Waals surface area contributed by atoms with Crippen LogP contribution < -0.4 is 14.5 Å². The molecule has 1 aliphatic heterocycles. The molecule has 0 spiro atoms. The standard InChI is InChI=1S/C23H21N5O4S2/c29-23(30)18-15-21(28-11-9-27(10-12-28)20-4-1-2-8-24-20)25-19-7-6-16(14-17(18)19)26-34(31,32)22-5-3-13-33-22/h1-8,13-15,26H,9-12H2,(H,29,30). The van der Waals surface area contributed by atoms with E-state index in [9.17, 15) is 18.3 Å². The highest BCUT2D eigenvalue weighted by Gasteiger charge is 2.22. The van der Waals surface area contributed by atoms with Crippen LogP contribution in [0, 0.1) is 0 Å². The summed E-state index contributed by atoms with van der Waals surface area (Å²) in [6.45, 7) is 2.82. The van der Waals surface area contributed by atoms with E-state index in [1.165, 1.54) is 12.1 Å². The number of rotatable bonds is 6. The van der Waals surface area contributed by atoms with E-state index < -0.39 is 16.0 Å². The Hall–Kier alpha value is -3.70. The Morgan fingerprint density at radius 3 is 2.38 bits per heavy atom. The van der Waals surface area contributed by atoms with E-state index in [-0.39, 0.29) is 15.5 Å². The zero-order valence-corrected chi connectivity index (χ0v) is 19.6. The van der Waals surface area contributed by atoms with Gasteiger partial charge in [0.25, 0.3) is 10.0 Å². The second kappa shape index (κ2) is 8.92. The number of thiophene rings is 1. The van der Waals surface area contributed by atoms with Crippen molar-refractivity contribution in [3.05, 3.63) is 71.7 Å². The summed E-state index contributed by atoms with van der Waals surface area (Å²) in [6, 6.07) is 15.3. The highest BCUT2D eigenvalue weighted by atomic mass is 32.2. The van der Waals surface area contributed by atoms with Crippen molar-refractivity contribution in [2.24, 2.45) is 0 Å². The molecular formula is C23H21N5O4S2. The van der Waals surface area contributed by atoms with Crippen molar-refractivity contribution in [2.75, 3.05) is 40.7 Å². The molecule has 4 heterocycles. The number of carbonyl (C=O) groups is 1. The fraction of sp³-hybridized carbons (Fsp3) is 0.174. The zero-order valence-electron chi connectivity index (χ0n) is 18.0. The van der Waals surface area contributed by atoms with Crippen molar-refractivity contribution >= 4 is 55.6 Å². The lowest BCUT2D eigenvalue weighted by Crippen LogP contribution is -2.47. The predicted octanol–water partition coefficient (Wildman–Crippen LogP) is 3.52. The van der Waals surface area contributed by atoms with Crippen LogP contribution in [0.4, 0.5) is 17.3 Å². The van der Waals surface area contributed by atoms with Crippen molar-refractivity contribution in [3.63, 3.8) is 0 Å². The van der Waals surface area contributed by atoms with Crippen LogP contribution in [0.15, 0.2) is 70.4 Å². The first-order valence-electron chi connectivity index (χ1n) is 10.6. The van der Waals surface area contributed by atoms with Crippen LogP contribution in [-0.2, 0) is 10.0 Å². The monoisotopic (exact) mass is 495 g/mol. The summed E-state index contributed by atoms with van der Waals surface area (Å²) in [4.78, 5) is 25.4. The lowest BCUT2D eigenvalue weighted by atomic mass is 10.1. The number of aromatic nitrogens is 2. The number of piperazine rings is 1. The lowest BCUT2D eigenvalue weighted by molar-refractivity contribution is 0.0699. The average Bonchev–Trinajstić information content (AvgIpc) is 3.40. The maximum absolute atomic E-state index is 12.6. The van der Waals surface area contributed by atoms with Crippen LogP contribution in [0.1, 0.15) is 10.4 Å². The van der Waals surface area contributed by atoms with E-state index in [1.54, 1.807) is 35.8 Å². The van der Waals surface area contributed by atoms with Gasteiger partial charge in [0.05, 0.1) is 11.1 Å². The van der Waals surface area contributed by atoms with Crippen LogP contribution in [0.2, 0.25) is 0 Å². The number of aromatic carboxylic acids is 1. The molecule has 0 atom stereocenters. The summed E-state index contributed by atoms with van der Waals surface area (Å²) < 4.78 is 27.8. The summed E-state index contributed by atoms with van der Waals surface area (Å²) in [5.74, 6) is 0.397. The lowest BCUT2D eigenvalue weighted by Gasteiger charge is -2.36. The third kappa shape index (κ3) is 4.39. The van der Waals surface area contributed by atoms with Crippen molar-refractivity contribution in [3.8, 4) is 0 Å². The quantitative estimate of drug-likeness (QED) is 0.418. The molecule has 0 saturated carbocycles. The number of carboxylic acids is 1. The molecular weight excluding hydrogens is 474 g/mol. The predicted molar refractivity (Wildman–Crippen MR) is 132 cm³/mol. The molecule has 0 radical (unpaired) electrons. The molecule has 1 aromatic carbocycles. The van der Waals surface area contributed by atoms with Crippen molar-refractivity contribution < 1.29 is 18.3 Å². The van der Waals surface area contributed by atoms with Crippen molar-refractivity contribution in [1.29, 1.82) is 0 Å². The van der Waals surface area contributed by atoms with Crippen molar-refractivity contribution in [2.45, 2.75) is 4.21 Å². The van der Waals surface area contributed by atoms with Crippen LogP contribution in [0.25, 0.3) is 10.9 Å². The summed E-state index contributed by atoms with van der Waals surface area (Å²) in [5, 5.41) is 11.9. The number of fused-ring (bicyclic) bond motifs is 1. The molecule has 2 N–H and O–H groups in total. The largest absolute Gasteiger partial charge is 0.478 e. The molecule has 5 rings (SSSR count). The molecule has 1 saturated heterocycles. The molecule has 3 aromatic heterocycles. The van der Waals surface area contributed by atoms with Crippen LogP contribution >= 0.6 is 11.3 Å². The first-order valence-corrected chi connectivity index (χ1v) is 12.9. The van der Waals surface area contributed by atoms with Crippen molar-refractivity contribution in [1.82, 2.24) is 9.97 Å². The first kappa shape index (κ1) is 22.1. The minimum Gasteiger partial charge on any atom is -0.478 e. The molecule has 0 aliphatic carbocycles. The van der Waals surface area contributed by atoms with E-state index in [1.807, 2.05) is 18.2 Å². The highest BCUT2D eigenvalue weighted by Crippen LogP contribution is 2.28. The number of anilines is 3. The first-order chi connectivity index (χ1) is 16.4. The average molecular weight is 496 g/mol. The number of benzene rings is 1. The molecule has 4 aromatic rings. The van der Waals surface area contributed by atoms with Gasteiger partial charge in [0.15, 0.2) is 0 Å². The summed E-state index contributed by atoms with van der Waals surface area (Å²) >= 11 is 1.11. The molecule has 0 amide bonds. The van der Waals surface area contributed by atoms with Gasteiger partial charge in [-0.2, -0.15) is 0 Å². The Kier molecular flexibility index (Phi) is 5.80. The van der Waals surface area contributed by atoms with Crippen LogP contribution in [-0.4, -0.2) is 55.6 Å². The van der Waals surface area contributed by atoms with E-state index in [0.717, 1.165) is 30.2 Å². The smallest absolute Gasteiger partial charge is 0.336 e. The molecule has 0 unspecified atom stereocenters. The van der Waals surface area contributed by atoms with Gasteiger partial charge in [-0.25, -0.2) is 23.2 Å². The van der Waals surface area contributed by atoms with E-state index in [2.05, 4.69) is 24.5 Å². The van der Waals surface area contributed by atoms with E-state index in [0.29, 0.717) is 29.8 Å². The minimum atomic E-state index is -3.74. The number of hydrogen-bond donors (Lipinski definition) is 2. The third-order valence-electron chi connectivity index (χ3n) is 5.61. The highest BCUT2D eigenvalue weighted by molar-refractivity contribution is 7.94. The van der Waals surface area contributed by atoms with E-state index >= 15 is 0 Å². The number of nitrogens with one attached hydrogen (secondary N) is 1. The summed E-state index contributed by atoms with van der Waals surface area (Å²) in [7, 11) is -3.74. The number of hydrogen-bond acceptors (Lipinski definition) is 8. The van der Waals surface area contributed by atoms with Crippen LogP contribution in [0.5, 0.6) is 0 Å². The molecule has 9 nitrogen and oxygen atoms in total. The Morgan fingerprint density at radius 2 is 1.74 bits per heavy atom. The second-order valence-electron chi connectivity index (χ2n) is 7.76. The second-order valence-corrected chi connectivity index (χ2v) is 10.6. The summed E-state index contributed by atoms with van der Waals surface area (Å²) in [6.07, 6.45) is 1.76. The SMILES string of the molecule is O=C(O)c1cc(N2CCN(c3ccccn3)CC2)nc2ccc(NS(=O)(=O)c3cccs3)cc12. The van der Waals surface area contributed by atoms with Gasteiger partial charge in [0.2, 0.25) is 0 Å². The maximum atomic E-state index is 12.6. The molecule has 1 fully saturated rings. The molecule has 11 heteroatoms. The Labute approximate surface area is 200 Å². The number of nitrogens with zero attached hydrogens (tertiary/aromatic N) is 4. The number of carboxylic acid groups (broad SMARTS) is 1.